The Labute approximate surface area is 234 Å². The highest BCUT2D eigenvalue weighted by atomic mass is 16.3. The van der Waals surface area contributed by atoms with Crippen LogP contribution in [0.2, 0.25) is 0 Å². The number of Topliss-reactive ketones (excluding diaryl/α,β-unsaturated/α-hetero) is 1. The third kappa shape index (κ3) is 5.27. The van der Waals surface area contributed by atoms with E-state index < -0.39 is 46.9 Å². The van der Waals surface area contributed by atoms with Crippen LogP contribution >= 0.6 is 0 Å². The van der Waals surface area contributed by atoms with Gasteiger partial charge in [-0.15, -0.1) is 5.10 Å². The highest BCUT2D eigenvalue weighted by Gasteiger charge is 2.63. The van der Waals surface area contributed by atoms with E-state index in [0.29, 0.717) is 30.9 Å². The van der Waals surface area contributed by atoms with Crippen LogP contribution in [-0.2, 0) is 24.8 Å². The molecule has 1 aliphatic heterocycles. The Morgan fingerprint density at radius 3 is 2.40 bits per heavy atom. The van der Waals surface area contributed by atoms with Gasteiger partial charge in [-0.05, 0) is 57.3 Å². The van der Waals surface area contributed by atoms with Gasteiger partial charge in [0.1, 0.15) is 17.2 Å². The molecule has 4 fully saturated rings. The largest absolute Gasteiger partial charge is 0.384 e. The fourth-order valence-electron chi connectivity index (χ4n) is 7.65. The van der Waals surface area contributed by atoms with E-state index in [-0.39, 0.29) is 24.3 Å². The van der Waals surface area contributed by atoms with Crippen molar-refractivity contribution in [2.45, 2.75) is 120 Å². The molecule has 0 bridgehead atoms. The van der Waals surface area contributed by atoms with Gasteiger partial charge in [-0.25, -0.2) is 4.68 Å². The number of aromatic nitrogens is 3. The Morgan fingerprint density at radius 1 is 1.15 bits per heavy atom. The summed E-state index contributed by atoms with van der Waals surface area (Å²) in [7, 11) is 0. The molecule has 6 N–H and O–H groups in total. The molecule has 2 heterocycles. The van der Waals surface area contributed by atoms with Crippen molar-refractivity contribution in [3.63, 3.8) is 0 Å². The fourth-order valence-corrected chi connectivity index (χ4v) is 7.65. The molecule has 1 aromatic rings. The topological polar surface area (TPSA) is 187 Å². The number of hydrogen-bond donors (Lipinski definition) is 4. The number of carbonyl (C=O) groups excluding carboxylic acids is 4. The van der Waals surface area contributed by atoms with Crippen molar-refractivity contribution in [1.29, 1.82) is 0 Å². The zero-order valence-corrected chi connectivity index (χ0v) is 23.6. The van der Waals surface area contributed by atoms with Gasteiger partial charge in [0.15, 0.2) is 0 Å². The lowest BCUT2D eigenvalue weighted by Gasteiger charge is -2.60. The smallest absolute Gasteiger partial charge is 0.287 e. The van der Waals surface area contributed by atoms with Crippen LogP contribution in [0.4, 0.5) is 0 Å². The van der Waals surface area contributed by atoms with Gasteiger partial charge >= 0.3 is 0 Å². The quantitative estimate of drug-likeness (QED) is 0.321. The number of likely N-dealkylation sites (tertiary alicyclic amines) is 1. The molecular weight excluding hydrogens is 514 g/mol. The summed E-state index contributed by atoms with van der Waals surface area (Å²) < 4.78 is 1.57. The summed E-state index contributed by atoms with van der Waals surface area (Å²) >= 11 is 0. The summed E-state index contributed by atoms with van der Waals surface area (Å²) in [4.78, 5) is 54.0. The lowest BCUT2D eigenvalue weighted by Crippen LogP contribution is -2.71. The van der Waals surface area contributed by atoms with Crippen molar-refractivity contribution in [2.75, 3.05) is 6.54 Å². The molecule has 3 amide bonds. The molecule has 0 unspecified atom stereocenters. The summed E-state index contributed by atoms with van der Waals surface area (Å²) in [5.41, 5.74) is 9.70. The van der Waals surface area contributed by atoms with E-state index in [1.165, 1.54) is 17.5 Å². The molecule has 3 saturated carbocycles. The van der Waals surface area contributed by atoms with Crippen LogP contribution in [-0.4, -0.2) is 72.7 Å². The Kier molecular flexibility index (Phi) is 7.54. The van der Waals surface area contributed by atoms with Crippen LogP contribution in [0.1, 0.15) is 103 Å². The zero-order valence-electron chi connectivity index (χ0n) is 23.6. The Bertz CT molecular complexity index is 1160. The summed E-state index contributed by atoms with van der Waals surface area (Å²) in [5.74, 6) is -2.31. The monoisotopic (exact) mass is 557 g/mol. The average Bonchev–Trinajstić information content (AvgIpc) is 3.52. The standard InChI is InChI=1S/C28H43N7O5/c1-26(2,40)21-13-31-33-35(21)18-12-20(34(14-18)25(39)19(29)11-17-7-4-3-5-8-17)24(38)32-28(22(36)23(30)37)15-27(16-28)9-6-10-27/h13,17-20,40H,3-12,14-16,29H2,1-2H3,(H2,30,37)(H,32,38)/t18-,19+,20-/m0/s1. The van der Waals surface area contributed by atoms with Gasteiger partial charge in [0, 0.05) is 13.0 Å². The predicted octanol–water partition coefficient (Wildman–Crippen LogP) is 0.819. The molecule has 3 atom stereocenters. The van der Waals surface area contributed by atoms with Gasteiger partial charge in [0.2, 0.25) is 17.6 Å². The normalized spacial score (nSPS) is 26.6. The van der Waals surface area contributed by atoms with Crippen LogP contribution in [0.5, 0.6) is 0 Å². The number of nitrogens with one attached hydrogen (secondary N) is 1. The van der Waals surface area contributed by atoms with Crippen molar-refractivity contribution >= 4 is 23.5 Å². The van der Waals surface area contributed by atoms with Crippen LogP contribution < -0.4 is 16.8 Å². The number of nitrogens with two attached hydrogens (primary N) is 2. The first kappa shape index (κ1) is 28.7. The molecule has 5 rings (SSSR count). The highest BCUT2D eigenvalue weighted by Crippen LogP contribution is 2.60. The molecule has 1 spiro atoms. The highest BCUT2D eigenvalue weighted by molar-refractivity contribution is 6.39. The third-order valence-electron chi connectivity index (χ3n) is 9.83. The first-order valence-electron chi connectivity index (χ1n) is 14.7. The number of rotatable bonds is 9. The lowest BCUT2D eigenvalue weighted by molar-refractivity contribution is -0.156. The average molecular weight is 558 g/mol. The van der Waals surface area contributed by atoms with E-state index in [2.05, 4.69) is 15.6 Å². The minimum absolute atomic E-state index is 0.0310. The molecule has 0 aromatic carbocycles. The molecule has 1 saturated heterocycles. The van der Waals surface area contributed by atoms with Gasteiger partial charge in [0.05, 0.1) is 24.0 Å². The second-order valence-corrected chi connectivity index (χ2v) is 13.3. The second kappa shape index (κ2) is 10.5. The lowest BCUT2D eigenvalue weighted by atomic mass is 9.47. The molecule has 1 aromatic heterocycles. The van der Waals surface area contributed by atoms with Crippen molar-refractivity contribution in [3.8, 4) is 0 Å². The van der Waals surface area contributed by atoms with E-state index in [1.54, 1.807) is 18.5 Å². The van der Waals surface area contributed by atoms with Crippen LogP contribution in [0.25, 0.3) is 0 Å². The number of primary amides is 1. The zero-order chi connectivity index (χ0) is 28.9. The number of amides is 3. The first-order valence-corrected chi connectivity index (χ1v) is 14.7. The maximum Gasteiger partial charge on any atom is 0.287 e. The molecule has 3 aliphatic carbocycles. The van der Waals surface area contributed by atoms with Crippen LogP contribution in [0.15, 0.2) is 6.20 Å². The molecule has 40 heavy (non-hydrogen) atoms. The van der Waals surface area contributed by atoms with E-state index >= 15 is 0 Å². The van der Waals surface area contributed by atoms with Gasteiger partial charge in [0.25, 0.3) is 5.91 Å². The van der Waals surface area contributed by atoms with Crippen molar-refractivity contribution in [2.24, 2.45) is 22.8 Å². The van der Waals surface area contributed by atoms with Crippen molar-refractivity contribution in [3.05, 3.63) is 11.9 Å². The Balaban J connectivity index is 1.39. The van der Waals surface area contributed by atoms with Crippen molar-refractivity contribution < 1.29 is 24.3 Å². The van der Waals surface area contributed by atoms with Gasteiger partial charge in [-0.2, -0.15) is 0 Å². The minimum Gasteiger partial charge on any atom is -0.384 e. The van der Waals surface area contributed by atoms with Crippen molar-refractivity contribution in [1.82, 2.24) is 25.2 Å². The number of hydrogen-bond acceptors (Lipinski definition) is 8. The van der Waals surface area contributed by atoms with Crippen LogP contribution in [0.3, 0.4) is 0 Å². The SMILES string of the molecule is CC(C)(O)c1cnnn1[C@H]1C[C@@H](C(=O)NC2(C(=O)C(N)=O)CC3(CCC3)C2)N(C(=O)[C@H](N)CC2CCCCC2)C1. The molecule has 220 valence electrons. The second-order valence-electron chi connectivity index (χ2n) is 13.3. The summed E-state index contributed by atoms with van der Waals surface area (Å²) in [5, 5.41) is 21.7. The van der Waals surface area contributed by atoms with Gasteiger partial charge in [-0.3, -0.25) is 19.2 Å². The van der Waals surface area contributed by atoms with E-state index in [1.807, 2.05) is 0 Å². The Hall–Kier alpha value is -2.86. The minimum atomic E-state index is -1.34. The molecule has 12 heteroatoms. The summed E-state index contributed by atoms with van der Waals surface area (Å²) in [6.07, 6.45) is 11.5. The molecule has 4 aliphatic rings. The van der Waals surface area contributed by atoms with Crippen LogP contribution in [0, 0.1) is 11.3 Å². The van der Waals surface area contributed by atoms with Gasteiger partial charge in [-0.1, -0.05) is 43.7 Å². The number of carbonyl (C=O) groups is 4. The number of nitrogens with zero attached hydrogens (tertiary/aromatic N) is 4. The molecule has 12 nitrogen and oxygen atoms in total. The van der Waals surface area contributed by atoms with E-state index in [9.17, 15) is 24.3 Å². The maximum absolute atomic E-state index is 13.9. The van der Waals surface area contributed by atoms with Gasteiger partial charge < -0.3 is 26.8 Å². The first-order chi connectivity index (χ1) is 18.8. The predicted molar refractivity (Wildman–Crippen MR) is 144 cm³/mol. The number of aliphatic hydroxyl groups is 1. The molecular formula is C28H43N7O5. The van der Waals surface area contributed by atoms with E-state index in [4.69, 9.17) is 11.5 Å². The molecule has 0 radical (unpaired) electrons. The number of ketones is 1. The third-order valence-corrected chi connectivity index (χ3v) is 9.83. The summed E-state index contributed by atoms with van der Waals surface area (Å²) in [6.45, 7) is 3.40. The summed E-state index contributed by atoms with van der Waals surface area (Å²) in [6, 6.07) is -2.12. The van der Waals surface area contributed by atoms with E-state index in [0.717, 1.165) is 44.9 Å². The maximum atomic E-state index is 13.9. The Morgan fingerprint density at radius 2 is 1.82 bits per heavy atom. The fraction of sp³-hybridized carbons (Fsp3) is 0.786.